The molecule has 0 saturated heterocycles. The highest BCUT2D eigenvalue weighted by molar-refractivity contribution is 5.90. The van der Waals surface area contributed by atoms with Crippen LogP contribution in [0.1, 0.15) is 22.3 Å². The molecule has 0 heterocycles. The van der Waals surface area contributed by atoms with Gasteiger partial charge in [-0.05, 0) is 35.9 Å². The number of amides is 1. The molecule has 25 heavy (non-hydrogen) atoms. The van der Waals surface area contributed by atoms with Gasteiger partial charge in [-0.1, -0.05) is 18.2 Å². The van der Waals surface area contributed by atoms with Crippen molar-refractivity contribution in [3.05, 3.63) is 59.7 Å². The molecule has 0 aliphatic carbocycles. The summed E-state index contributed by atoms with van der Waals surface area (Å²) in [6, 6.07) is 14.5. The molecule has 0 fully saturated rings. The molecular formula is C19H22N2O4. The third-order valence-corrected chi connectivity index (χ3v) is 3.61. The van der Waals surface area contributed by atoms with E-state index in [1.165, 1.54) is 7.11 Å². The van der Waals surface area contributed by atoms with Gasteiger partial charge in [-0.15, -0.1) is 0 Å². The Hall–Kier alpha value is -3.02. The van der Waals surface area contributed by atoms with Crippen LogP contribution in [0.2, 0.25) is 0 Å². The largest absolute Gasteiger partial charge is 0.497 e. The van der Waals surface area contributed by atoms with Crippen molar-refractivity contribution in [2.75, 3.05) is 26.1 Å². The Morgan fingerprint density at radius 2 is 1.80 bits per heavy atom. The van der Waals surface area contributed by atoms with Gasteiger partial charge < -0.3 is 20.1 Å². The van der Waals surface area contributed by atoms with Crippen LogP contribution in [0.5, 0.6) is 5.75 Å². The summed E-state index contributed by atoms with van der Waals surface area (Å²) in [6.07, 6.45) is 0.332. The van der Waals surface area contributed by atoms with E-state index >= 15 is 0 Å². The summed E-state index contributed by atoms with van der Waals surface area (Å²) >= 11 is 0. The standard InChI is InChI=1S/C19H22N2O4/c1-24-17-8-6-14(7-9-17)13-21-18(22)10-11-20-16-5-3-4-15(12-16)19(23)25-2/h3-9,12,20H,10-11,13H2,1-2H3,(H,21,22). The monoisotopic (exact) mass is 342 g/mol. The predicted molar refractivity (Wildman–Crippen MR) is 95.7 cm³/mol. The van der Waals surface area contributed by atoms with Gasteiger partial charge in [0, 0.05) is 25.2 Å². The fourth-order valence-corrected chi connectivity index (χ4v) is 2.23. The number of methoxy groups -OCH3 is 2. The van der Waals surface area contributed by atoms with E-state index in [0.29, 0.717) is 25.1 Å². The van der Waals surface area contributed by atoms with Gasteiger partial charge in [-0.25, -0.2) is 4.79 Å². The molecule has 0 atom stereocenters. The number of hydrogen-bond donors (Lipinski definition) is 2. The number of ether oxygens (including phenoxy) is 2. The van der Waals surface area contributed by atoms with Crippen LogP contribution in [0.25, 0.3) is 0 Å². The van der Waals surface area contributed by atoms with E-state index in [1.807, 2.05) is 30.3 Å². The average molecular weight is 342 g/mol. The summed E-state index contributed by atoms with van der Waals surface area (Å²) in [5.74, 6) is 0.349. The zero-order valence-corrected chi connectivity index (χ0v) is 14.4. The number of carbonyl (C=O) groups excluding carboxylic acids is 2. The van der Waals surface area contributed by atoms with Crippen molar-refractivity contribution < 1.29 is 19.1 Å². The number of carbonyl (C=O) groups is 2. The summed E-state index contributed by atoms with van der Waals surface area (Å²) in [6.45, 7) is 0.944. The summed E-state index contributed by atoms with van der Waals surface area (Å²) in [5.41, 5.74) is 2.25. The number of rotatable bonds is 8. The topological polar surface area (TPSA) is 76.7 Å². The van der Waals surface area contributed by atoms with E-state index in [0.717, 1.165) is 17.0 Å². The quantitative estimate of drug-likeness (QED) is 0.721. The average Bonchev–Trinajstić information content (AvgIpc) is 2.66. The van der Waals surface area contributed by atoms with Gasteiger partial charge in [0.15, 0.2) is 0 Å². The van der Waals surface area contributed by atoms with E-state index in [-0.39, 0.29) is 11.9 Å². The number of nitrogens with one attached hydrogen (secondary N) is 2. The molecule has 0 saturated carbocycles. The minimum absolute atomic E-state index is 0.0487. The molecule has 0 radical (unpaired) electrons. The van der Waals surface area contributed by atoms with Crippen LogP contribution in [0, 0.1) is 0 Å². The van der Waals surface area contributed by atoms with Crippen molar-refractivity contribution >= 4 is 17.6 Å². The van der Waals surface area contributed by atoms with Gasteiger partial charge >= 0.3 is 5.97 Å². The van der Waals surface area contributed by atoms with Crippen molar-refractivity contribution in [1.29, 1.82) is 0 Å². The Bertz CT molecular complexity index is 714. The highest BCUT2D eigenvalue weighted by Crippen LogP contribution is 2.12. The lowest BCUT2D eigenvalue weighted by Gasteiger charge is -2.09. The highest BCUT2D eigenvalue weighted by Gasteiger charge is 2.06. The predicted octanol–water partition coefficient (Wildman–Crippen LogP) is 2.60. The van der Waals surface area contributed by atoms with Crippen LogP contribution < -0.4 is 15.4 Å². The summed E-state index contributed by atoms with van der Waals surface area (Å²) in [4.78, 5) is 23.4. The molecule has 2 aromatic rings. The fraction of sp³-hybridized carbons (Fsp3) is 0.263. The summed E-state index contributed by atoms with van der Waals surface area (Å²) < 4.78 is 9.78. The molecule has 0 aromatic heterocycles. The van der Waals surface area contributed by atoms with Gasteiger partial charge in [0.25, 0.3) is 0 Å². The molecule has 2 N–H and O–H groups in total. The van der Waals surface area contributed by atoms with Crippen molar-refractivity contribution in [2.45, 2.75) is 13.0 Å². The molecule has 0 aliphatic heterocycles. The molecule has 2 rings (SSSR count). The molecule has 132 valence electrons. The second-order valence-electron chi connectivity index (χ2n) is 5.37. The van der Waals surface area contributed by atoms with Crippen LogP contribution >= 0.6 is 0 Å². The third kappa shape index (κ3) is 5.84. The van der Waals surface area contributed by atoms with Crippen LogP contribution in [0.15, 0.2) is 48.5 Å². The zero-order chi connectivity index (χ0) is 18.1. The Morgan fingerprint density at radius 1 is 1.04 bits per heavy atom. The normalized spacial score (nSPS) is 10.0. The highest BCUT2D eigenvalue weighted by atomic mass is 16.5. The number of hydrogen-bond acceptors (Lipinski definition) is 5. The first-order valence-electron chi connectivity index (χ1n) is 7.94. The molecule has 0 aliphatic rings. The molecular weight excluding hydrogens is 320 g/mol. The van der Waals surface area contributed by atoms with Crippen LogP contribution in [0.3, 0.4) is 0 Å². The maximum atomic E-state index is 11.9. The SMILES string of the molecule is COC(=O)c1cccc(NCCC(=O)NCc2ccc(OC)cc2)c1. The Labute approximate surface area is 147 Å². The fourth-order valence-electron chi connectivity index (χ4n) is 2.23. The Morgan fingerprint density at radius 3 is 2.48 bits per heavy atom. The van der Waals surface area contributed by atoms with E-state index < -0.39 is 0 Å². The van der Waals surface area contributed by atoms with Gasteiger partial charge in [-0.2, -0.15) is 0 Å². The maximum absolute atomic E-state index is 11.9. The lowest BCUT2D eigenvalue weighted by molar-refractivity contribution is -0.121. The van der Waals surface area contributed by atoms with E-state index in [2.05, 4.69) is 15.4 Å². The Kier molecular flexibility index (Phi) is 6.83. The van der Waals surface area contributed by atoms with Gasteiger partial charge in [0.2, 0.25) is 5.91 Å². The second-order valence-corrected chi connectivity index (χ2v) is 5.37. The van der Waals surface area contributed by atoms with Crippen molar-refractivity contribution in [3.8, 4) is 5.75 Å². The minimum Gasteiger partial charge on any atom is -0.497 e. The molecule has 6 nitrogen and oxygen atoms in total. The first kappa shape index (κ1) is 18.3. The molecule has 0 bridgehead atoms. The van der Waals surface area contributed by atoms with Crippen molar-refractivity contribution in [3.63, 3.8) is 0 Å². The van der Waals surface area contributed by atoms with Gasteiger partial charge in [0.05, 0.1) is 19.8 Å². The lowest BCUT2D eigenvalue weighted by Crippen LogP contribution is -2.24. The summed E-state index contributed by atoms with van der Waals surface area (Å²) in [7, 11) is 2.96. The first-order chi connectivity index (χ1) is 12.1. The zero-order valence-electron chi connectivity index (χ0n) is 14.4. The smallest absolute Gasteiger partial charge is 0.337 e. The minimum atomic E-state index is -0.388. The van der Waals surface area contributed by atoms with Gasteiger partial charge in [-0.3, -0.25) is 4.79 Å². The van der Waals surface area contributed by atoms with E-state index in [4.69, 9.17) is 4.74 Å². The van der Waals surface area contributed by atoms with Crippen molar-refractivity contribution in [1.82, 2.24) is 5.32 Å². The first-order valence-corrected chi connectivity index (χ1v) is 7.94. The van der Waals surface area contributed by atoms with E-state index in [9.17, 15) is 9.59 Å². The van der Waals surface area contributed by atoms with Crippen LogP contribution in [-0.2, 0) is 16.1 Å². The third-order valence-electron chi connectivity index (χ3n) is 3.61. The molecule has 0 spiro atoms. The van der Waals surface area contributed by atoms with Crippen LogP contribution in [-0.4, -0.2) is 32.6 Å². The van der Waals surface area contributed by atoms with Gasteiger partial charge in [0.1, 0.15) is 5.75 Å². The number of esters is 1. The number of benzene rings is 2. The van der Waals surface area contributed by atoms with Crippen molar-refractivity contribution in [2.24, 2.45) is 0 Å². The number of anilines is 1. The molecule has 1 amide bonds. The molecule has 0 unspecified atom stereocenters. The Balaban J connectivity index is 1.74. The molecule has 6 heteroatoms. The van der Waals surface area contributed by atoms with E-state index in [1.54, 1.807) is 25.3 Å². The second kappa shape index (κ2) is 9.32. The maximum Gasteiger partial charge on any atom is 0.337 e. The summed E-state index contributed by atoms with van der Waals surface area (Å²) in [5, 5.41) is 5.99. The lowest BCUT2D eigenvalue weighted by atomic mass is 10.2. The van der Waals surface area contributed by atoms with Crippen LogP contribution in [0.4, 0.5) is 5.69 Å². The molecule has 2 aromatic carbocycles.